The number of nitrogens with zero attached hydrogens (tertiary/aromatic N) is 2. The Hall–Kier alpha value is -1.69. The molecule has 1 rings (SSSR count). The van der Waals surface area contributed by atoms with Gasteiger partial charge in [0.15, 0.2) is 0 Å². The van der Waals surface area contributed by atoms with Gasteiger partial charge < -0.3 is 10.2 Å². The third-order valence-electron chi connectivity index (χ3n) is 2.79. The first-order valence-electron chi connectivity index (χ1n) is 5.98. The van der Waals surface area contributed by atoms with E-state index in [1.807, 2.05) is 13.8 Å². The van der Waals surface area contributed by atoms with Gasteiger partial charge in [-0.1, -0.05) is 13.8 Å². The fourth-order valence-electron chi connectivity index (χ4n) is 1.70. The number of anilines is 1. The molecule has 0 aliphatic rings. The summed E-state index contributed by atoms with van der Waals surface area (Å²) in [5.74, 6) is -0.481. The lowest BCUT2D eigenvalue weighted by molar-refractivity contribution is -0.384. The summed E-state index contributed by atoms with van der Waals surface area (Å²) in [7, 11) is 0. The maximum atomic E-state index is 13.1. The van der Waals surface area contributed by atoms with E-state index in [2.05, 4.69) is 10.2 Å². The molecule has 0 aliphatic carbocycles. The molecule has 18 heavy (non-hydrogen) atoms. The number of hydrogen-bond donors (Lipinski definition) is 1. The van der Waals surface area contributed by atoms with Crippen LogP contribution in [0.3, 0.4) is 0 Å². The van der Waals surface area contributed by atoms with E-state index in [4.69, 9.17) is 0 Å². The molecule has 100 valence electrons. The molecule has 0 saturated carbocycles. The molecule has 5 nitrogen and oxygen atoms in total. The number of benzene rings is 1. The highest BCUT2D eigenvalue weighted by Gasteiger charge is 2.13. The third-order valence-corrected chi connectivity index (χ3v) is 2.79. The summed E-state index contributed by atoms with van der Waals surface area (Å²) < 4.78 is 13.1. The molecule has 0 saturated heterocycles. The van der Waals surface area contributed by atoms with Crippen molar-refractivity contribution in [2.75, 3.05) is 31.5 Å². The maximum absolute atomic E-state index is 13.1. The Kier molecular flexibility index (Phi) is 5.51. The van der Waals surface area contributed by atoms with Gasteiger partial charge in [-0.15, -0.1) is 0 Å². The van der Waals surface area contributed by atoms with Crippen LogP contribution in [0.4, 0.5) is 15.8 Å². The molecular weight excluding hydrogens is 237 g/mol. The van der Waals surface area contributed by atoms with Crippen molar-refractivity contribution >= 4 is 11.4 Å². The van der Waals surface area contributed by atoms with Gasteiger partial charge in [-0.05, 0) is 19.2 Å². The van der Waals surface area contributed by atoms with E-state index in [9.17, 15) is 14.5 Å². The molecule has 0 fully saturated rings. The van der Waals surface area contributed by atoms with Gasteiger partial charge in [0.2, 0.25) is 0 Å². The van der Waals surface area contributed by atoms with Gasteiger partial charge in [-0.2, -0.15) is 0 Å². The smallest absolute Gasteiger partial charge is 0.292 e. The van der Waals surface area contributed by atoms with Gasteiger partial charge in [0.05, 0.1) is 4.92 Å². The third kappa shape index (κ3) is 3.96. The largest absolute Gasteiger partial charge is 0.378 e. The summed E-state index contributed by atoms with van der Waals surface area (Å²) in [6.07, 6.45) is 0. The molecule has 1 N–H and O–H groups in total. The monoisotopic (exact) mass is 255 g/mol. The molecule has 0 amide bonds. The SMILES string of the molecule is CCN(CC)CCNc1cc(F)ccc1[N+](=O)[O-]. The number of likely N-dealkylation sites (N-methyl/N-ethyl adjacent to an activating group) is 1. The highest BCUT2D eigenvalue weighted by atomic mass is 19.1. The summed E-state index contributed by atoms with van der Waals surface area (Å²) in [5, 5.41) is 13.7. The molecule has 0 unspecified atom stereocenters. The van der Waals surface area contributed by atoms with Crippen LogP contribution in [0.5, 0.6) is 0 Å². The Labute approximate surface area is 106 Å². The number of halogens is 1. The van der Waals surface area contributed by atoms with Crippen molar-refractivity contribution in [1.82, 2.24) is 4.90 Å². The topological polar surface area (TPSA) is 58.4 Å². The van der Waals surface area contributed by atoms with Gasteiger partial charge in [-0.3, -0.25) is 10.1 Å². The van der Waals surface area contributed by atoms with E-state index in [0.717, 1.165) is 31.8 Å². The zero-order valence-electron chi connectivity index (χ0n) is 10.6. The number of nitro groups is 1. The van der Waals surface area contributed by atoms with E-state index in [0.29, 0.717) is 6.54 Å². The van der Waals surface area contributed by atoms with Crippen molar-refractivity contribution in [1.29, 1.82) is 0 Å². The lowest BCUT2D eigenvalue weighted by Crippen LogP contribution is -2.28. The summed E-state index contributed by atoms with van der Waals surface area (Å²) in [4.78, 5) is 12.4. The molecule has 0 aromatic heterocycles. The lowest BCUT2D eigenvalue weighted by atomic mass is 10.2. The van der Waals surface area contributed by atoms with E-state index >= 15 is 0 Å². The Morgan fingerprint density at radius 3 is 2.61 bits per heavy atom. The predicted molar refractivity (Wildman–Crippen MR) is 69.3 cm³/mol. The van der Waals surface area contributed by atoms with Crippen molar-refractivity contribution in [2.24, 2.45) is 0 Å². The van der Waals surface area contributed by atoms with E-state index < -0.39 is 10.7 Å². The van der Waals surface area contributed by atoms with Crippen LogP contribution < -0.4 is 5.32 Å². The predicted octanol–water partition coefficient (Wildman–Crippen LogP) is 2.49. The molecule has 0 bridgehead atoms. The maximum Gasteiger partial charge on any atom is 0.292 e. The summed E-state index contributed by atoms with van der Waals surface area (Å²) >= 11 is 0. The lowest BCUT2D eigenvalue weighted by Gasteiger charge is -2.18. The van der Waals surface area contributed by atoms with E-state index in [1.54, 1.807) is 0 Å². The average molecular weight is 255 g/mol. The van der Waals surface area contributed by atoms with Crippen LogP contribution in [0.25, 0.3) is 0 Å². The zero-order chi connectivity index (χ0) is 13.5. The van der Waals surface area contributed by atoms with Crippen LogP contribution in [0.1, 0.15) is 13.8 Å². The number of rotatable bonds is 7. The first-order chi connectivity index (χ1) is 8.58. The molecule has 1 aromatic rings. The van der Waals surface area contributed by atoms with Gasteiger partial charge in [0.25, 0.3) is 5.69 Å². The number of nitrogens with one attached hydrogen (secondary N) is 1. The van der Waals surface area contributed by atoms with Gasteiger partial charge in [-0.25, -0.2) is 4.39 Å². The minimum atomic E-state index is -0.515. The summed E-state index contributed by atoms with van der Waals surface area (Å²) in [6.45, 7) is 7.25. The minimum Gasteiger partial charge on any atom is -0.378 e. The van der Waals surface area contributed by atoms with Crippen molar-refractivity contribution in [3.05, 3.63) is 34.1 Å². The normalized spacial score (nSPS) is 10.7. The van der Waals surface area contributed by atoms with Crippen LogP contribution in [0.15, 0.2) is 18.2 Å². The first-order valence-corrected chi connectivity index (χ1v) is 5.98. The molecule has 0 spiro atoms. The standard InChI is InChI=1S/C12H18FN3O2/c1-3-15(4-2)8-7-14-11-9-10(13)5-6-12(11)16(17)18/h5-6,9,14H,3-4,7-8H2,1-2H3. The molecule has 6 heteroatoms. The molecule has 0 radical (unpaired) electrons. The second-order valence-electron chi connectivity index (χ2n) is 3.87. The van der Waals surface area contributed by atoms with Crippen LogP contribution in [-0.4, -0.2) is 36.0 Å². The summed E-state index contributed by atoms with van der Waals surface area (Å²) in [6, 6.07) is 3.42. The van der Waals surface area contributed by atoms with Crippen LogP contribution in [-0.2, 0) is 0 Å². The van der Waals surface area contributed by atoms with Gasteiger partial charge >= 0.3 is 0 Å². The highest BCUT2D eigenvalue weighted by molar-refractivity contribution is 5.61. The van der Waals surface area contributed by atoms with Crippen molar-refractivity contribution < 1.29 is 9.31 Å². The molecule has 0 aliphatic heterocycles. The Morgan fingerprint density at radius 1 is 1.39 bits per heavy atom. The van der Waals surface area contributed by atoms with Crippen molar-refractivity contribution in [3.8, 4) is 0 Å². The van der Waals surface area contributed by atoms with Crippen molar-refractivity contribution in [2.45, 2.75) is 13.8 Å². The van der Waals surface area contributed by atoms with E-state index in [-0.39, 0.29) is 11.4 Å². The van der Waals surface area contributed by atoms with Crippen LogP contribution in [0, 0.1) is 15.9 Å². The Balaban J connectivity index is 2.66. The molecule has 1 aromatic carbocycles. The van der Waals surface area contributed by atoms with Crippen molar-refractivity contribution in [3.63, 3.8) is 0 Å². The summed E-state index contributed by atoms with van der Waals surface area (Å²) in [5.41, 5.74) is 0.128. The Morgan fingerprint density at radius 2 is 2.06 bits per heavy atom. The van der Waals surface area contributed by atoms with Gasteiger partial charge in [0.1, 0.15) is 11.5 Å². The fourth-order valence-corrected chi connectivity index (χ4v) is 1.70. The van der Waals surface area contributed by atoms with E-state index in [1.165, 1.54) is 6.07 Å². The molecular formula is C12H18FN3O2. The van der Waals surface area contributed by atoms with Gasteiger partial charge in [0, 0.05) is 25.2 Å². The first kappa shape index (κ1) is 14.4. The highest BCUT2D eigenvalue weighted by Crippen LogP contribution is 2.24. The second-order valence-corrected chi connectivity index (χ2v) is 3.87. The zero-order valence-corrected chi connectivity index (χ0v) is 10.6. The van der Waals surface area contributed by atoms with Crippen LogP contribution >= 0.6 is 0 Å². The second kappa shape index (κ2) is 6.90. The Bertz CT molecular complexity index is 408. The molecule has 0 heterocycles. The quantitative estimate of drug-likeness (QED) is 0.600. The van der Waals surface area contributed by atoms with Crippen LogP contribution in [0.2, 0.25) is 0 Å². The average Bonchev–Trinajstić information content (AvgIpc) is 2.34. The minimum absolute atomic E-state index is 0.101. The number of nitro benzene ring substituents is 1. The fraction of sp³-hybridized carbons (Fsp3) is 0.500. The number of hydrogen-bond acceptors (Lipinski definition) is 4. The molecule has 0 atom stereocenters.